The van der Waals surface area contributed by atoms with Crippen LogP contribution in [0.1, 0.15) is 0 Å². The maximum Gasteiger partial charge on any atom is 0.145 e. The molecule has 2 heterocycles. The average molecular weight is 448 g/mol. The molecule has 7 rings (SSSR count). The van der Waals surface area contributed by atoms with E-state index in [1.165, 1.54) is 27.3 Å². The number of aromatic nitrogens is 3. The molecule has 164 valence electrons. The van der Waals surface area contributed by atoms with Crippen LogP contribution in [0.2, 0.25) is 0 Å². The van der Waals surface area contributed by atoms with Gasteiger partial charge in [0.15, 0.2) is 0 Å². The monoisotopic (exact) mass is 447 g/mol. The van der Waals surface area contributed by atoms with Gasteiger partial charge in [0.2, 0.25) is 0 Å². The summed E-state index contributed by atoms with van der Waals surface area (Å²) in [7, 11) is 0. The Balaban J connectivity index is 1.32. The predicted molar refractivity (Wildman–Crippen MR) is 145 cm³/mol. The Labute approximate surface area is 203 Å². The van der Waals surface area contributed by atoms with Crippen LogP contribution < -0.4 is 0 Å². The van der Waals surface area contributed by atoms with Gasteiger partial charge in [-0.3, -0.25) is 9.55 Å². The van der Waals surface area contributed by atoms with Crippen LogP contribution in [0.3, 0.4) is 0 Å². The van der Waals surface area contributed by atoms with Crippen molar-refractivity contribution in [2.75, 3.05) is 0 Å². The van der Waals surface area contributed by atoms with Crippen LogP contribution in [0.5, 0.6) is 0 Å². The standard InChI is InChI=1S/C32H21N3/c1-2-7-26(8-3-1)35-31-11-5-4-10-30(31)34-32(35)23-14-12-22(13-15-23)24-16-18-27-25(21-24)17-19-29-28(27)9-6-20-33-29/h1-21H. The molecule has 0 N–H and O–H groups in total. The number of hydrogen-bond acceptors (Lipinski definition) is 2. The molecule has 0 aliphatic heterocycles. The van der Waals surface area contributed by atoms with Gasteiger partial charge in [-0.25, -0.2) is 4.98 Å². The summed E-state index contributed by atoms with van der Waals surface area (Å²) in [5, 5.41) is 3.64. The van der Waals surface area contributed by atoms with E-state index < -0.39 is 0 Å². The summed E-state index contributed by atoms with van der Waals surface area (Å²) >= 11 is 0. The molecule has 0 bridgehead atoms. The second kappa shape index (κ2) is 7.93. The van der Waals surface area contributed by atoms with Crippen LogP contribution in [0, 0.1) is 0 Å². The van der Waals surface area contributed by atoms with Crippen molar-refractivity contribution in [3.05, 3.63) is 128 Å². The minimum Gasteiger partial charge on any atom is -0.292 e. The van der Waals surface area contributed by atoms with E-state index in [1.807, 2.05) is 24.4 Å². The molecule has 0 aliphatic rings. The van der Waals surface area contributed by atoms with Crippen LogP contribution >= 0.6 is 0 Å². The Morgan fingerprint density at radius 2 is 1.29 bits per heavy atom. The zero-order valence-corrected chi connectivity index (χ0v) is 19.0. The van der Waals surface area contributed by atoms with Gasteiger partial charge in [-0.15, -0.1) is 0 Å². The van der Waals surface area contributed by atoms with Crippen molar-refractivity contribution < 1.29 is 0 Å². The van der Waals surface area contributed by atoms with E-state index in [4.69, 9.17) is 4.98 Å². The summed E-state index contributed by atoms with van der Waals surface area (Å²) < 4.78 is 2.24. The first-order chi connectivity index (χ1) is 17.3. The van der Waals surface area contributed by atoms with Crippen molar-refractivity contribution in [3.8, 4) is 28.2 Å². The molecule has 0 spiro atoms. The highest BCUT2D eigenvalue weighted by Gasteiger charge is 2.14. The fraction of sp³-hybridized carbons (Fsp3) is 0. The lowest BCUT2D eigenvalue weighted by Gasteiger charge is -2.11. The molecular weight excluding hydrogens is 426 g/mol. The van der Waals surface area contributed by atoms with Crippen LogP contribution in [0.25, 0.3) is 60.9 Å². The molecule has 2 aromatic heterocycles. The SMILES string of the molecule is c1ccc(-n2c(-c3ccc(-c4ccc5c(ccc6ncccc65)c4)cc3)nc3ccccc32)cc1. The zero-order valence-electron chi connectivity index (χ0n) is 19.0. The Kier molecular flexibility index (Phi) is 4.46. The van der Waals surface area contributed by atoms with E-state index in [1.54, 1.807) is 0 Å². The van der Waals surface area contributed by atoms with Crippen molar-refractivity contribution in [1.82, 2.24) is 14.5 Å². The average Bonchev–Trinajstić information content (AvgIpc) is 3.33. The van der Waals surface area contributed by atoms with Crippen LogP contribution in [0.4, 0.5) is 0 Å². The Bertz CT molecular complexity index is 1830. The number of benzene rings is 5. The van der Waals surface area contributed by atoms with Gasteiger partial charge >= 0.3 is 0 Å². The van der Waals surface area contributed by atoms with Crippen molar-refractivity contribution in [2.24, 2.45) is 0 Å². The van der Waals surface area contributed by atoms with Gasteiger partial charge in [-0.05, 0) is 64.4 Å². The van der Waals surface area contributed by atoms with Crippen LogP contribution in [-0.2, 0) is 0 Å². The van der Waals surface area contributed by atoms with E-state index in [0.29, 0.717) is 0 Å². The summed E-state index contributed by atoms with van der Waals surface area (Å²) in [6.07, 6.45) is 1.84. The van der Waals surface area contributed by atoms with Crippen molar-refractivity contribution in [1.29, 1.82) is 0 Å². The maximum atomic E-state index is 4.99. The zero-order chi connectivity index (χ0) is 23.2. The van der Waals surface area contributed by atoms with Crippen LogP contribution in [-0.4, -0.2) is 14.5 Å². The first-order valence-corrected chi connectivity index (χ1v) is 11.8. The summed E-state index contributed by atoms with van der Waals surface area (Å²) in [5.74, 6) is 0.946. The summed E-state index contributed by atoms with van der Waals surface area (Å²) in [6, 6.07) is 42.5. The normalized spacial score (nSPS) is 11.4. The predicted octanol–water partition coefficient (Wildman–Crippen LogP) is 8.06. The molecule has 5 aromatic carbocycles. The Morgan fingerprint density at radius 3 is 2.17 bits per heavy atom. The molecule has 0 amide bonds. The molecule has 0 saturated carbocycles. The molecule has 35 heavy (non-hydrogen) atoms. The van der Waals surface area contributed by atoms with Crippen molar-refractivity contribution >= 4 is 32.7 Å². The quantitative estimate of drug-likeness (QED) is 0.256. The van der Waals surface area contributed by atoms with Gasteiger partial charge in [0, 0.05) is 22.8 Å². The molecule has 7 aromatic rings. The molecular formula is C32H21N3. The highest BCUT2D eigenvalue weighted by atomic mass is 15.1. The molecule has 0 fully saturated rings. The molecule has 0 radical (unpaired) electrons. The topological polar surface area (TPSA) is 30.7 Å². The van der Waals surface area contributed by atoms with E-state index in [0.717, 1.165) is 33.6 Å². The molecule has 0 unspecified atom stereocenters. The number of hydrogen-bond donors (Lipinski definition) is 0. The van der Waals surface area contributed by atoms with E-state index >= 15 is 0 Å². The highest BCUT2D eigenvalue weighted by Crippen LogP contribution is 2.32. The smallest absolute Gasteiger partial charge is 0.145 e. The number of imidazole rings is 1. The number of para-hydroxylation sites is 3. The van der Waals surface area contributed by atoms with Crippen molar-refractivity contribution in [3.63, 3.8) is 0 Å². The number of pyridine rings is 1. The third kappa shape index (κ3) is 3.29. The first-order valence-electron chi connectivity index (χ1n) is 11.8. The molecule has 3 heteroatoms. The second-order valence-corrected chi connectivity index (χ2v) is 8.74. The maximum absolute atomic E-state index is 4.99. The first kappa shape index (κ1) is 19.7. The summed E-state index contributed by atoms with van der Waals surface area (Å²) in [6.45, 7) is 0. The number of rotatable bonds is 3. The molecule has 0 atom stereocenters. The lowest BCUT2D eigenvalue weighted by atomic mass is 9.98. The second-order valence-electron chi connectivity index (χ2n) is 8.74. The Morgan fingerprint density at radius 1 is 0.514 bits per heavy atom. The molecule has 0 saturated heterocycles. The summed E-state index contributed by atoms with van der Waals surface area (Å²) in [4.78, 5) is 9.48. The van der Waals surface area contributed by atoms with Gasteiger partial charge in [-0.2, -0.15) is 0 Å². The molecule has 0 aliphatic carbocycles. The lowest BCUT2D eigenvalue weighted by Crippen LogP contribution is -1.97. The van der Waals surface area contributed by atoms with Gasteiger partial charge in [0.05, 0.1) is 16.6 Å². The fourth-order valence-corrected chi connectivity index (χ4v) is 4.94. The third-order valence-corrected chi connectivity index (χ3v) is 6.65. The minimum absolute atomic E-state index is 0.946. The van der Waals surface area contributed by atoms with Crippen molar-refractivity contribution in [2.45, 2.75) is 0 Å². The number of fused-ring (bicyclic) bond motifs is 4. The third-order valence-electron chi connectivity index (χ3n) is 6.65. The largest absolute Gasteiger partial charge is 0.292 e. The van der Waals surface area contributed by atoms with Gasteiger partial charge in [0.25, 0.3) is 0 Å². The lowest BCUT2D eigenvalue weighted by molar-refractivity contribution is 1.10. The van der Waals surface area contributed by atoms with Gasteiger partial charge in [0.1, 0.15) is 5.82 Å². The summed E-state index contributed by atoms with van der Waals surface area (Å²) in [5.41, 5.74) is 7.70. The van der Waals surface area contributed by atoms with Crippen LogP contribution in [0.15, 0.2) is 128 Å². The minimum atomic E-state index is 0.946. The fourth-order valence-electron chi connectivity index (χ4n) is 4.94. The molecule has 3 nitrogen and oxygen atoms in total. The highest BCUT2D eigenvalue weighted by molar-refractivity contribution is 6.07. The Hall–Kier alpha value is -4.76. The number of nitrogens with zero attached hydrogens (tertiary/aromatic N) is 3. The van der Waals surface area contributed by atoms with E-state index in [-0.39, 0.29) is 0 Å². The van der Waals surface area contributed by atoms with Gasteiger partial charge in [-0.1, -0.05) is 78.9 Å². The van der Waals surface area contributed by atoms with E-state index in [2.05, 4.69) is 113 Å². The van der Waals surface area contributed by atoms with Gasteiger partial charge < -0.3 is 0 Å². The van der Waals surface area contributed by atoms with E-state index in [9.17, 15) is 0 Å².